The summed E-state index contributed by atoms with van der Waals surface area (Å²) in [6.07, 6.45) is 0.358. The minimum Gasteiger partial charge on any atom is -0.493 e. The van der Waals surface area contributed by atoms with Gasteiger partial charge in [-0.2, -0.15) is 4.98 Å². The highest BCUT2D eigenvalue weighted by molar-refractivity contribution is 7.19. The highest BCUT2D eigenvalue weighted by Crippen LogP contribution is 2.42. The van der Waals surface area contributed by atoms with Gasteiger partial charge < -0.3 is 35.1 Å². The number of aromatic nitrogens is 3. The van der Waals surface area contributed by atoms with Crippen LogP contribution in [0.3, 0.4) is 0 Å². The molecule has 222 valence electrons. The molecule has 4 N–H and O–H groups in total. The van der Waals surface area contributed by atoms with Crippen LogP contribution in [-0.2, 0) is 4.79 Å². The molecule has 0 bridgehead atoms. The monoisotopic (exact) mass is 600 g/mol. The average Bonchev–Trinajstić information content (AvgIpc) is 3.64. The van der Waals surface area contributed by atoms with Crippen molar-refractivity contribution >= 4 is 39.6 Å². The lowest BCUT2D eigenvalue weighted by molar-refractivity contribution is -0.116. The standard InChI is InChI=1S/C31H32N6O5S/c1-17-11-12-20(33-25(38)13-18(2)19-9-7-6-8-10-19)14-22(17)29-36-30(42-37-29)27-28(32)35-31(43-27)34-21-15-23(39-3)26(41-5)24(16-21)40-4/h6-12,14-16,18H,13,32H2,1-5H3,(H,33,38)(H,34,35). The van der Waals surface area contributed by atoms with Crippen LogP contribution in [0.4, 0.5) is 22.3 Å². The summed E-state index contributed by atoms with van der Waals surface area (Å²) in [5, 5.41) is 10.9. The van der Waals surface area contributed by atoms with Crippen molar-refractivity contribution in [2.45, 2.75) is 26.2 Å². The first-order chi connectivity index (χ1) is 20.8. The van der Waals surface area contributed by atoms with Crippen molar-refractivity contribution in [2.75, 3.05) is 37.7 Å². The molecule has 11 nitrogen and oxygen atoms in total. The summed E-state index contributed by atoms with van der Waals surface area (Å²) in [6, 6.07) is 19.1. The molecule has 0 fully saturated rings. The van der Waals surface area contributed by atoms with Gasteiger partial charge in [0.1, 0.15) is 10.7 Å². The van der Waals surface area contributed by atoms with Crippen LogP contribution in [0.2, 0.25) is 0 Å². The molecule has 43 heavy (non-hydrogen) atoms. The van der Waals surface area contributed by atoms with E-state index in [1.807, 2.05) is 62.4 Å². The second kappa shape index (κ2) is 12.8. The number of nitrogen functional groups attached to an aromatic ring is 1. The summed E-state index contributed by atoms with van der Waals surface area (Å²) < 4.78 is 21.8. The molecule has 0 aliphatic rings. The van der Waals surface area contributed by atoms with Crippen LogP contribution < -0.4 is 30.6 Å². The van der Waals surface area contributed by atoms with Gasteiger partial charge in [-0.15, -0.1) is 0 Å². The first-order valence-electron chi connectivity index (χ1n) is 13.4. The van der Waals surface area contributed by atoms with E-state index in [2.05, 4.69) is 25.8 Å². The number of ether oxygens (including phenoxy) is 3. The Balaban J connectivity index is 1.32. The number of carbonyl (C=O) groups is 1. The number of nitrogens with two attached hydrogens (primary N) is 1. The van der Waals surface area contributed by atoms with Crippen LogP contribution in [0.25, 0.3) is 22.2 Å². The molecule has 5 aromatic rings. The van der Waals surface area contributed by atoms with Crippen LogP contribution in [0, 0.1) is 6.92 Å². The molecule has 0 aliphatic heterocycles. The predicted octanol–water partition coefficient (Wildman–Crippen LogP) is 6.65. The molecular weight excluding hydrogens is 568 g/mol. The van der Waals surface area contributed by atoms with Gasteiger partial charge >= 0.3 is 0 Å². The Kier molecular flexibility index (Phi) is 8.77. The van der Waals surface area contributed by atoms with Gasteiger partial charge in [0.2, 0.25) is 17.5 Å². The summed E-state index contributed by atoms with van der Waals surface area (Å²) >= 11 is 1.26. The van der Waals surface area contributed by atoms with Crippen molar-refractivity contribution in [3.05, 3.63) is 71.8 Å². The van der Waals surface area contributed by atoms with E-state index in [-0.39, 0.29) is 23.5 Å². The maximum absolute atomic E-state index is 12.8. The maximum atomic E-state index is 12.8. The summed E-state index contributed by atoms with van der Waals surface area (Å²) in [7, 11) is 4.64. The average molecular weight is 601 g/mol. The third-order valence-corrected chi connectivity index (χ3v) is 7.79. The molecule has 0 saturated carbocycles. The SMILES string of the molecule is COc1cc(Nc2nc(N)c(-c3nc(-c4cc(NC(=O)CC(C)c5ccccc5)ccc4C)no3)s2)cc(OC)c1OC. The number of rotatable bonds is 11. The number of benzene rings is 3. The summed E-state index contributed by atoms with van der Waals surface area (Å²) in [4.78, 5) is 22.3. The highest BCUT2D eigenvalue weighted by atomic mass is 32.1. The molecule has 0 aliphatic carbocycles. The number of methoxy groups -OCH3 is 3. The van der Waals surface area contributed by atoms with Crippen molar-refractivity contribution in [3.63, 3.8) is 0 Å². The molecule has 1 unspecified atom stereocenters. The molecular formula is C31H32N6O5S. The van der Waals surface area contributed by atoms with Crippen LogP contribution in [-0.4, -0.2) is 42.4 Å². The van der Waals surface area contributed by atoms with E-state index in [0.29, 0.717) is 50.9 Å². The smallest absolute Gasteiger partial charge is 0.272 e. The van der Waals surface area contributed by atoms with Gasteiger partial charge in [-0.1, -0.05) is 59.8 Å². The summed E-state index contributed by atoms with van der Waals surface area (Å²) in [6.45, 7) is 3.97. The lowest BCUT2D eigenvalue weighted by atomic mass is 9.97. The molecule has 12 heteroatoms. The van der Waals surface area contributed by atoms with Crippen LogP contribution in [0.5, 0.6) is 17.2 Å². The van der Waals surface area contributed by atoms with E-state index in [0.717, 1.165) is 16.7 Å². The van der Waals surface area contributed by atoms with Crippen molar-refractivity contribution in [1.29, 1.82) is 0 Å². The highest BCUT2D eigenvalue weighted by Gasteiger charge is 2.21. The zero-order valence-electron chi connectivity index (χ0n) is 24.4. The fraction of sp³-hybridized carbons (Fsp3) is 0.226. The van der Waals surface area contributed by atoms with Gasteiger partial charge in [0.05, 0.1) is 21.3 Å². The Labute approximate surface area is 253 Å². The second-order valence-electron chi connectivity index (χ2n) is 9.79. The number of hydrogen-bond acceptors (Lipinski definition) is 11. The van der Waals surface area contributed by atoms with Crippen LogP contribution >= 0.6 is 11.3 Å². The van der Waals surface area contributed by atoms with Gasteiger partial charge in [0.25, 0.3) is 5.89 Å². The van der Waals surface area contributed by atoms with E-state index in [1.54, 1.807) is 33.5 Å². The number of anilines is 4. The van der Waals surface area contributed by atoms with E-state index in [9.17, 15) is 4.79 Å². The minimum absolute atomic E-state index is 0.0791. The van der Waals surface area contributed by atoms with E-state index in [1.165, 1.54) is 11.3 Å². The summed E-state index contributed by atoms with van der Waals surface area (Å²) in [5.74, 6) is 2.31. The van der Waals surface area contributed by atoms with Crippen molar-refractivity contribution in [3.8, 4) is 39.4 Å². The van der Waals surface area contributed by atoms with E-state index < -0.39 is 0 Å². The molecule has 0 radical (unpaired) electrons. The van der Waals surface area contributed by atoms with Gasteiger partial charge in [0, 0.05) is 35.5 Å². The number of nitrogens with one attached hydrogen (secondary N) is 2. The fourth-order valence-corrected chi connectivity index (χ4v) is 5.40. The first-order valence-corrected chi connectivity index (χ1v) is 14.2. The number of nitrogens with zero attached hydrogens (tertiary/aromatic N) is 3. The van der Waals surface area contributed by atoms with Gasteiger partial charge in [-0.05, 0) is 36.1 Å². The zero-order chi connectivity index (χ0) is 30.5. The van der Waals surface area contributed by atoms with E-state index >= 15 is 0 Å². The molecule has 1 amide bonds. The number of hydrogen-bond donors (Lipinski definition) is 3. The second-order valence-corrected chi connectivity index (χ2v) is 10.8. The number of thiazole rings is 1. The largest absolute Gasteiger partial charge is 0.493 e. The van der Waals surface area contributed by atoms with Crippen molar-refractivity contribution in [1.82, 2.24) is 15.1 Å². The Morgan fingerprint density at radius 3 is 2.37 bits per heavy atom. The van der Waals surface area contributed by atoms with Crippen molar-refractivity contribution in [2.24, 2.45) is 0 Å². The Hall–Kier alpha value is -5.10. The molecule has 0 saturated heterocycles. The summed E-state index contributed by atoms with van der Waals surface area (Å²) in [5.41, 5.74) is 10.3. The quantitative estimate of drug-likeness (QED) is 0.150. The Morgan fingerprint density at radius 2 is 1.70 bits per heavy atom. The fourth-order valence-electron chi connectivity index (χ4n) is 4.57. The van der Waals surface area contributed by atoms with Crippen LogP contribution in [0.15, 0.2) is 65.2 Å². The van der Waals surface area contributed by atoms with Crippen LogP contribution in [0.1, 0.15) is 30.4 Å². The molecule has 2 aromatic heterocycles. The first kappa shape index (κ1) is 29.4. The van der Waals surface area contributed by atoms with Gasteiger partial charge in [-0.3, -0.25) is 4.79 Å². The minimum atomic E-state index is -0.0791. The van der Waals surface area contributed by atoms with Gasteiger partial charge in [0.15, 0.2) is 16.6 Å². The number of aryl methyl sites for hydroxylation is 1. The third kappa shape index (κ3) is 6.54. The third-order valence-electron chi connectivity index (χ3n) is 6.81. The molecule has 5 rings (SSSR count). The van der Waals surface area contributed by atoms with E-state index in [4.69, 9.17) is 24.5 Å². The molecule has 3 aromatic carbocycles. The normalized spacial score (nSPS) is 11.6. The van der Waals surface area contributed by atoms with Crippen molar-refractivity contribution < 1.29 is 23.5 Å². The lowest BCUT2D eigenvalue weighted by Crippen LogP contribution is -2.14. The maximum Gasteiger partial charge on any atom is 0.272 e. The molecule has 0 spiro atoms. The Bertz CT molecular complexity index is 1710. The van der Waals surface area contributed by atoms with Gasteiger partial charge in [-0.25, -0.2) is 4.98 Å². The Morgan fingerprint density at radius 1 is 0.977 bits per heavy atom. The lowest BCUT2D eigenvalue weighted by Gasteiger charge is -2.14. The topological polar surface area (TPSA) is 147 Å². The number of carbonyl (C=O) groups excluding carboxylic acids is 1. The molecule has 1 atom stereocenters. The zero-order valence-corrected chi connectivity index (χ0v) is 25.2. The molecule has 2 heterocycles. The number of amides is 1. The predicted molar refractivity (Wildman–Crippen MR) is 167 cm³/mol.